The molecule has 1 saturated carbocycles. The first-order chi connectivity index (χ1) is 9.13. The summed E-state index contributed by atoms with van der Waals surface area (Å²) in [5.41, 5.74) is 6.43. The molecule has 1 aliphatic rings. The van der Waals surface area contributed by atoms with Crippen LogP contribution in [0.25, 0.3) is 0 Å². The Morgan fingerprint density at radius 2 is 2.05 bits per heavy atom. The van der Waals surface area contributed by atoms with Crippen LogP contribution in [-0.2, 0) is 4.79 Å². The van der Waals surface area contributed by atoms with E-state index in [0.717, 1.165) is 31.2 Å². The molecule has 0 aromatic heterocycles. The normalized spacial score (nSPS) is 17.9. The molecule has 0 spiro atoms. The molecule has 1 aromatic rings. The molecule has 1 fully saturated rings. The van der Waals surface area contributed by atoms with Crippen LogP contribution in [0.15, 0.2) is 18.2 Å². The Balaban J connectivity index is 2.30. The largest absolute Gasteiger partial charge is 0.504 e. The molecule has 0 radical (unpaired) electrons. The number of methoxy groups -OCH3 is 1. The number of rotatable bonds is 4. The fourth-order valence-electron chi connectivity index (χ4n) is 3.02. The molecule has 19 heavy (non-hydrogen) atoms. The first-order valence-corrected chi connectivity index (χ1v) is 6.79. The molecule has 1 atom stereocenters. The van der Waals surface area contributed by atoms with Crippen LogP contribution in [-0.4, -0.2) is 18.1 Å². The number of hydrogen-bond acceptors (Lipinski definition) is 3. The Morgan fingerprint density at radius 3 is 2.63 bits per heavy atom. The molecule has 0 bridgehead atoms. The SMILES string of the molecule is COc1cc(C(C(N)=O)C2CCCCC2)ccc1O. The second-order valence-electron chi connectivity index (χ2n) is 5.21. The van der Waals surface area contributed by atoms with Crippen LogP contribution in [0.4, 0.5) is 0 Å². The maximum atomic E-state index is 11.8. The van der Waals surface area contributed by atoms with Crippen molar-refractivity contribution in [2.45, 2.75) is 38.0 Å². The van der Waals surface area contributed by atoms with Crippen molar-refractivity contribution < 1.29 is 14.6 Å². The number of ether oxygens (including phenoxy) is 1. The average molecular weight is 263 g/mol. The zero-order valence-corrected chi connectivity index (χ0v) is 11.3. The monoisotopic (exact) mass is 263 g/mol. The lowest BCUT2D eigenvalue weighted by Crippen LogP contribution is -2.29. The summed E-state index contributed by atoms with van der Waals surface area (Å²) in [7, 11) is 1.50. The van der Waals surface area contributed by atoms with Crippen molar-refractivity contribution in [1.82, 2.24) is 0 Å². The molecule has 0 saturated heterocycles. The van der Waals surface area contributed by atoms with Gasteiger partial charge in [0.2, 0.25) is 5.91 Å². The van der Waals surface area contributed by atoms with Crippen LogP contribution in [0.2, 0.25) is 0 Å². The van der Waals surface area contributed by atoms with Crippen LogP contribution in [0, 0.1) is 5.92 Å². The molecule has 1 unspecified atom stereocenters. The molecule has 2 rings (SSSR count). The number of carbonyl (C=O) groups is 1. The number of phenols is 1. The summed E-state index contributed by atoms with van der Waals surface area (Å²) < 4.78 is 5.10. The van der Waals surface area contributed by atoms with E-state index < -0.39 is 0 Å². The van der Waals surface area contributed by atoms with Gasteiger partial charge in [0.15, 0.2) is 11.5 Å². The topological polar surface area (TPSA) is 72.5 Å². The first-order valence-electron chi connectivity index (χ1n) is 6.79. The Kier molecular flexibility index (Phi) is 4.30. The summed E-state index contributed by atoms with van der Waals surface area (Å²) in [5, 5.41) is 9.62. The molecule has 1 amide bonds. The van der Waals surface area contributed by atoms with E-state index in [-0.39, 0.29) is 17.6 Å². The minimum atomic E-state index is -0.292. The fourth-order valence-corrected chi connectivity index (χ4v) is 3.02. The zero-order valence-electron chi connectivity index (χ0n) is 11.3. The summed E-state index contributed by atoms with van der Waals surface area (Å²) in [6.45, 7) is 0. The van der Waals surface area contributed by atoms with Gasteiger partial charge >= 0.3 is 0 Å². The number of amides is 1. The Labute approximate surface area is 113 Å². The van der Waals surface area contributed by atoms with E-state index in [0.29, 0.717) is 11.7 Å². The van der Waals surface area contributed by atoms with Gasteiger partial charge in [0.25, 0.3) is 0 Å². The lowest BCUT2D eigenvalue weighted by molar-refractivity contribution is -0.120. The van der Waals surface area contributed by atoms with Gasteiger partial charge in [0.05, 0.1) is 13.0 Å². The van der Waals surface area contributed by atoms with E-state index in [1.54, 1.807) is 18.2 Å². The molecule has 0 heterocycles. The molecule has 4 nitrogen and oxygen atoms in total. The van der Waals surface area contributed by atoms with Crippen molar-refractivity contribution in [1.29, 1.82) is 0 Å². The number of nitrogens with two attached hydrogens (primary N) is 1. The van der Waals surface area contributed by atoms with Crippen molar-refractivity contribution in [2.24, 2.45) is 11.7 Å². The molecule has 0 aliphatic heterocycles. The van der Waals surface area contributed by atoms with Gasteiger partial charge in [-0.05, 0) is 36.5 Å². The molecular weight excluding hydrogens is 242 g/mol. The first kappa shape index (κ1) is 13.7. The van der Waals surface area contributed by atoms with Gasteiger partial charge in [-0.15, -0.1) is 0 Å². The summed E-state index contributed by atoms with van der Waals surface area (Å²) in [6, 6.07) is 5.05. The smallest absolute Gasteiger partial charge is 0.225 e. The summed E-state index contributed by atoms with van der Waals surface area (Å²) in [5.74, 6) is 0.201. The Morgan fingerprint density at radius 1 is 1.37 bits per heavy atom. The number of aromatic hydroxyl groups is 1. The molecule has 1 aromatic carbocycles. The van der Waals surface area contributed by atoms with E-state index in [1.807, 2.05) is 0 Å². The minimum Gasteiger partial charge on any atom is -0.504 e. The van der Waals surface area contributed by atoms with Crippen molar-refractivity contribution >= 4 is 5.91 Å². The van der Waals surface area contributed by atoms with Gasteiger partial charge < -0.3 is 15.6 Å². The minimum absolute atomic E-state index is 0.0816. The average Bonchev–Trinajstić information content (AvgIpc) is 2.41. The summed E-state index contributed by atoms with van der Waals surface area (Å²) in [6.07, 6.45) is 5.63. The number of benzene rings is 1. The quantitative estimate of drug-likeness (QED) is 0.876. The van der Waals surface area contributed by atoms with Crippen LogP contribution in [0.5, 0.6) is 11.5 Å². The number of carbonyl (C=O) groups excluding carboxylic acids is 1. The highest BCUT2D eigenvalue weighted by molar-refractivity contribution is 5.82. The van der Waals surface area contributed by atoms with E-state index in [9.17, 15) is 9.90 Å². The number of phenolic OH excluding ortho intramolecular Hbond substituents is 1. The van der Waals surface area contributed by atoms with E-state index in [2.05, 4.69) is 0 Å². The van der Waals surface area contributed by atoms with Crippen LogP contribution < -0.4 is 10.5 Å². The summed E-state index contributed by atoms with van der Waals surface area (Å²) >= 11 is 0. The molecule has 104 valence electrons. The third-order valence-electron chi connectivity index (χ3n) is 3.99. The fraction of sp³-hybridized carbons (Fsp3) is 0.533. The van der Waals surface area contributed by atoms with Crippen molar-refractivity contribution in [3.8, 4) is 11.5 Å². The predicted molar refractivity (Wildman–Crippen MR) is 73.2 cm³/mol. The standard InChI is InChI=1S/C15H21NO3/c1-19-13-9-11(7-8-12(13)17)14(15(16)18)10-5-3-2-4-6-10/h7-10,14,17H,2-6H2,1H3,(H2,16,18). The second kappa shape index (κ2) is 5.95. The highest BCUT2D eigenvalue weighted by Gasteiger charge is 2.29. The van der Waals surface area contributed by atoms with E-state index in [1.165, 1.54) is 13.5 Å². The van der Waals surface area contributed by atoms with Crippen molar-refractivity contribution in [2.75, 3.05) is 7.11 Å². The second-order valence-corrected chi connectivity index (χ2v) is 5.21. The maximum Gasteiger partial charge on any atom is 0.225 e. The maximum absolute atomic E-state index is 11.8. The van der Waals surface area contributed by atoms with Crippen LogP contribution >= 0.6 is 0 Å². The van der Waals surface area contributed by atoms with Gasteiger partial charge in [-0.2, -0.15) is 0 Å². The highest BCUT2D eigenvalue weighted by atomic mass is 16.5. The molecule has 1 aliphatic carbocycles. The zero-order chi connectivity index (χ0) is 13.8. The number of primary amides is 1. The van der Waals surface area contributed by atoms with Crippen molar-refractivity contribution in [3.63, 3.8) is 0 Å². The highest BCUT2D eigenvalue weighted by Crippen LogP contribution is 2.38. The van der Waals surface area contributed by atoms with Crippen LogP contribution in [0.3, 0.4) is 0 Å². The van der Waals surface area contributed by atoms with Crippen molar-refractivity contribution in [3.05, 3.63) is 23.8 Å². The third kappa shape index (κ3) is 3.00. The predicted octanol–water partition coefficient (Wildman–Crippen LogP) is 2.55. The van der Waals surface area contributed by atoms with Gasteiger partial charge in [-0.25, -0.2) is 0 Å². The number of hydrogen-bond donors (Lipinski definition) is 2. The lowest BCUT2D eigenvalue weighted by atomic mass is 9.76. The Hall–Kier alpha value is -1.71. The van der Waals surface area contributed by atoms with Gasteiger partial charge in [0, 0.05) is 0 Å². The van der Waals surface area contributed by atoms with Gasteiger partial charge in [-0.3, -0.25) is 4.79 Å². The third-order valence-corrected chi connectivity index (χ3v) is 3.99. The van der Waals surface area contributed by atoms with Gasteiger partial charge in [0.1, 0.15) is 0 Å². The molecular formula is C15H21NO3. The summed E-state index contributed by atoms with van der Waals surface area (Å²) in [4.78, 5) is 11.8. The molecule has 3 N–H and O–H groups in total. The van der Waals surface area contributed by atoms with E-state index >= 15 is 0 Å². The Bertz CT molecular complexity index is 453. The van der Waals surface area contributed by atoms with Crippen LogP contribution in [0.1, 0.15) is 43.6 Å². The van der Waals surface area contributed by atoms with E-state index in [4.69, 9.17) is 10.5 Å². The molecule has 4 heteroatoms. The lowest BCUT2D eigenvalue weighted by Gasteiger charge is -2.28. The van der Waals surface area contributed by atoms with Gasteiger partial charge in [-0.1, -0.05) is 25.3 Å².